The van der Waals surface area contributed by atoms with Crippen LogP contribution >= 0.6 is 0 Å². The lowest BCUT2D eigenvalue weighted by molar-refractivity contribution is 1.26. The standard InChI is InChI=1S/C23H16/c1-2-7-17-14-19(13-12-16(17)6-1)22-11-5-9-20-15-18-8-3-4-10-21(18)23(20)22/h1-14H,15H2. The quantitative estimate of drug-likeness (QED) is 0.351. The van der Waals surface area contributed by atoms with Gasteiger partial charge >= 0.3 is 0 Å². The van der Waals surface area contributed by atoms with E-state index in [1.807, 2.05) is 0 Å². The van der Waals surface area contributed by atoms with Crippen molar-refractivity contribution in [1.82, 2.24) is 0 Å². The molecule has 0 heterocycles. The summed E-state index contributed by atoms with van der Waals surface area (Å²) in [5.41, 5.74) is 8.34. The van der Waals surface area contributed by atoms with Crippen LogP contribution in [0.25, 0.3) is 33.0 Å². The van der Waals surface area contributed by atoms with Crippen LogP contribution < -0.4 is 0 Å². The summed E-state index contributed by atoms with van der Waals surface area (Å²) in [4.78, 5) is 0. The molecule has 0 atom stereocenters. The van der Waals surface area contributed by atoms with E-state index in [-0.39, 0.29) is 0 Å². The molecule has 0 fully saturated rings. The van der Waals surface area contributed by atoms with Crippen LogP contribution in [0.2, 0.25) is 0 Å². The van der Waals surface area contributed by atoms with Gasteiger partial charge in [0.1, 0.15) is 0 Å². The highest BCUT2D eigenvalue weighted by Crippen LogP contribution is 2.43. The van der Waals surface area contributed by atoms with Gasteiger partial charge in [-0.3, -0.25) is 0 Å². The molecule has 0 aliphatic heterocycles. The van der Waals surface area contributed by atoms with Gasteiger partial charge < -0.3 is 0 Å². The molecule has 0 nitrogen and oxygen atoms in total. The number of hydrogen-bond acceptors (Lipinski definition) is 0. The Morgan fingerprint density at radius 3 is 2.22 bits per heavy atom. The van der Waals surface area contributed by atoms with Gasteiger partial charge in [-0.05, 0) is 56.6 Å². The second kappa shape index (κ2) is 4.82. The minimum atomic E-state index is 1.05. The zero-order valence-electron chi connectivity index (χ0n) is 12.8. The van der Waals surface area contributed by atoms with E-state index in [9.17, 15) is 0 Å². The van der Waals surface area contributed by atoms with Crippen LogP contribution in [-0.4, -0.2) is 0 Å². The molecule has 0 aromatic heterocycles. The third kappa shape index (κ3) is 1.92. The first kappa shape index (κ1) is 12.7. The molecule has 0 spiro atoms. The molecule has 1 aliphatic rings. The van der Waals surface area contributed by atoms with E-state index >= 15 is 0 Å². The summed E-state index contributed by atoms with van der Waals surface area (Å²) in [6.45, 7) is 0. The smallest absolute Gasteiger partial charge is 0.00132 e. The van der Waals surface area contributed by atoms with Crippen LogP contribution in [0.3, 0.4) is 0 Å². The van der Waals surface area contributed by atoms with E-state index in [0.717, 1.165) is 6.42 Å². The van der Waals surface area contributed by atoms with E-state index < -0.39 is 0 Å². The fourth-order valence-corrected chi connectivity index (χ4v) is 3.79. The summed E-state index contributed by atoms with van der Waals surface area (Å²) >= 11 is 0. The molecule has 0 saturated carbocycles. The zero-order valence-corrected chi connectivity index (χ0v) is 12.8. The second-order valence-corrected chi connectivity index (χ2v) is 6.24. The van der Waals surface area contributed by atoms with Crippen molar-refractivity contribution in [3.63, 3.8) is 0 Å². The van der Waals surface area contributed by atoms with Crippen molar-refractivity contribution >= 4 is 10.8 Å². The summed E-state index contributed by atoms with van der Waals surface area (Å²) in [5.74, 6) is 0. The van der Waals surface area contributed by atoms with Crippen molar-refractivity contribution in [1.29, 1.82) is 0 Å². The summed E-state index contributed by atoms with van der Waals surface area (Å²) < 4.78 is 0. The molecule has 0 saturated heterocycles. The number of benzene rings is 4. The lowest BCUT2D eigenvalue weighted by Gasteiger charge is -2.11. The predicted octanol–water partition coefficient (Wildman–Crippen LogP) is 6.08. The van der Waals surface area contributed by atoms with Gasteiger partial charge in [-0.25, -0.2) is 0 Å². The highest BCUT2D eigenvalue weighted by molar-refractivity contribution is 5.94. The highest BCUT2D eigenvalue weighted by Gasteiger charge is 2.21. The molecule has 1 aliphatic carbocycles. The first-order valence-electron chi connectivity index (χ1n) is 8.09. The van der Waals surface area contributed by atoms with Crippen molar-refractivity contribution in [3.05, 3.63) is 96.1 Å². The van der Waals surface area contributed by atoms with Crippen LogP contribution in [0, 0.1) is 0 Å². The average Bonchev–Trinajstić information content (AvgIpc) is 3.00. The van der Waals surface area contributed by atoms with Gasteiger partial charge in [-0.1, -0.05) is 78.9 Å². The fourth-order valence-electron chi connectivity index (χ4n) is 3.79. The van der Waals surface area contributed by atoms with Gasteiger partial charge in [-0.2, -0.15) is 0 Å². The van der Waals surface area contributed by atoms with E-state index in [4.69, 9.17) is 0 Å². The van der Waals surface area contributed by atoms with Crippen LogP contribution in [0.4, 0.5) is 0 Å². The summed E-state index contributed by atoms with van der Waals surface area (Å²) in [5, 5.41) is 2.60. The zero-order chi connectivity index (χ0) is 15.2. The third-order valence-electron chi connectivity index (χ3n) is 4.88. The van der Waals surface area contributed by atoms with Crippen LogP contribution in [0.5, 0.6) is 0 Å². The van der Waals surface area contributed by atoms with Crippen LogP contribution in [0.15, 0.2) is 84.9 Å². The molecule has 23 heavy (non-hydrogen) atoms. The Morgan fingerprint density at radius 2 is 1.26 bits per heavy atom. The average molecular weight is 292 g/mol. The SMILES string of the molecule is c1ccc2c(c1)Cc1cccc(-c3ccc4ccccc4c3)c1-2. The van der Waals surface area contributed by atoms with Crippen LogP contribution in [-0.2, 0) is 6.42 Å². The Bertz CT molecular complexity index is 1040. The third-order valence-corrected chi connectivity index (χ3v) is 4.88. The molecule has 0 bridgehead atoms. The number of fused-ring (bicyclic) bond motifs is 4. The largest absolute Gasteiger partial charge is 0.0619 e. The molecular formula is C23H16. The first-order valence-corrected chi connectivity index (χ1v) is 8.09. The Morgan fingerprint density at radius 1 is 0.522 bits per heavy atom. The van der Waals surface area contributed by atoms with Crippen molar-refractivity contribution in [2.75, 3.05) is 0 Å². The monoisotopic (exact) mass is 292 g/mol. The maximum Gasteiger partial charge on any atom is -0.00132 e. The van der Waals surface area contributed by atoms with Gasteiger partial charge in [0.05, 0.1) is 0 Å². The highest BCUT2D eigenvalue weighted by atomic mass is 14.2. The Labute approximate surface area is 136 Å². The molecule has 4 aromatic rings. The first-order chi connectivity index (χ1) is 11.4. The minimum absolute atomic E-state index is 1.05. The van der Waals surface area contributed by atoms with Crippen molar-refractivity contribution in [2.24, 2.45) is 0 Å². The fraction of sp³-hybridized carbons (Fsp3) is 0.0435. The molecule has 0 unspecified atom stereocenters. The van der Waals surface area contributed by atoms with E-state index in [1.54, 1.807) is 0 Å². The van der Waals surface area contributed by atoms with Gasteiger partial charge in [0.2, 0.25) is 0 Å². The Balaban J connectivity index is 1.78. The van der Waals surface area contributed by atoms with Gasteiger partial charge in [0.15, 0.2) is 0 Å². The van der Waals surface area contributed by atoms with E-state index in [2.05, 4.69) is 84.9 Å². The summed E-state index contributed by atoms with van der Waals surface area (Å²) in [6.07, 6.45) is 1.05. The number of hydrogen-bond donors (Lipinski definition) is 0. The lowest BCUT2D eigenvalue weighted by atomic mass is 9.93. The minimum Gasteiger partial charge on any atom is -0.0619 e. The van der Waals surface area contributed by atoms with E-state index in [0.29, 0.717) is 0 Å². The molecule has 108 valence electrons. The predicted molar refractivity (Wildman–Crippen MR) is 97.6 cm³/mol. The second-order valence-electron chi connectivity index (χ2n) is 6.24. The summed E-state index contributed by atoms with van der Waals surface area (Å²) in [6, 6.07) is 30.8. The topological polar surface area (TPSA) is 0 Å². The molecule has 0 radical (unpaired) electrons. The molecule has 5 rings (SSSR count). The molecule has 0 heteroatoms. The normalized spacial score (nSPS) is 12.2. The van der Waals surface area contributed by atoms with Crippen LogP contribution in [0.1, 0.15) is 11.1 Å². The van der Waals surface area contributed by atoms with Gasteiger partial charge in [-0.15, -0.1) is 0 Å². The van der Waals surface area contributed by atoms with Crippen molar-refractivity contribution in [3.8, 4) is 22.3 Å². The van der Waals surface area contributed by atoms with Gasteiger partial charge in [0, 0.05) is 0 Å². The molecule has 0 amide bonds. The van der Waals surface area contributed by atoms with Gasteiger partial charge in [0.25, 0.3) is 0 Å². The van der Waals surface area contributed by atoms with Crippen molar-refractivity contribution < 1.29 is 0 Å². The van der Waals surface area contributed by atoms with E-state index in [1.165, 1.54) is 44.2 Å². The maximum absolute atomic E-state index is 2.31. The van der Waals surface area contributed by atoms with Crippen molar-refractivity contribution in [2.45, 2.75) is 6.42 Å². The summed E-state index contributed by atoms with van der Waals surface area (Å²) in [7, 11) is 0. The molecular weight excluding hydrogens is 276 g/mol. The number of rotatable bonds is 1. The Hall–Kier alpha value is -2.86. The Kier molecular flexibility index (Phi) is 2.65. The lowest BCUT2D eigenvalue weighted by Crippen LogP contribution is -1.86. The molecule has 0 N–H and O–H groups in total. The molecule has 4 aromatic carbocycles. The maximum atomic E-state index is 2.31.